The Labute approximate surface area is 165 Å². The first-order chi connectivity index (χ1) is 13.5. The van der Waals surface area contributed by atoms with Gasteiger partial charge in [-0.3, -0.25) is 14.4 Å². The Morgan fingerprint density at radius 1 is 0.786 bits per heavy atom. The molecule has 1 aromatic carbocycles. The Kier molecular flexibility index (Phi) is 12.3. The van der Waals surface area contributed by atoms with Gasteiger partial charge in [-0.05, 0) is 0 Å². The van der Waals surface area contributed by atoms with Gasteiger partial charge in [-0.2, -0.15) is 0 Å². The molecule has 0 atom stereocenters. The summed E-state index contributed by atoms with van der Waals surface area (Å²) in [5.74, 6) is 0.244. The summed E-state index contributed by atoms with van der Waals surface area (Å²) in [6, 6.07) is 0. The van der Waals surface area contributed by atoms with Gasteiger partial charge < -0.3 is 29.6 Å². The predicted molar refractivity (Wildman–Crippen MR) is 107 cm³/mol. The SMILES string of the molecule is COCCNc1c(NCCOCCOCCOCCC(=O)C(C)C)c(=O)c1=O. The number of carbonyl (C=O) groups excluding carboxylic acids is 1. The zero-order chi connectivity index (χ0) is 20.8. The lowest BCUT2D eigenvalue weighted by Gasteiger charge is -2.14. The van der Waals surface area contributed by atoms with Gasteiger partial charge in [-0.25, -0.2) is 0 Å². The van der Waals surface area contributed by atoms with E-state index in [1.807, 2.05) is 13.8 Å². The van der Waals surface area contributed by atoms with Crippen LogP contribution in [0.3, 0.4) is 0 Å². The fraction of sp³-hybridized carbons (Fsp3) is 0.737. The summed E-state index contributed by atoms with van der Waals surface area (Å²) < 4.78 is 21.0. The molecule has 0 saturated heterocycles. The summed E-state index contributed by atoms with van der Waals surface area (Å²) in [6.45, 7) is 7.60. The highest BCUT2D eigenvalue weighted by Gasteiger charge is 2.19. The van der Waals surface area contributed by atoms with Crippen LogP contribution in [0.2, 0.25) is 0 Å². The van der Waals surface area contributed by atoms with Crippen LogP contribution in [-0.2, 0) is 23.7 Å². The van der Waals surface area contributed by atoms with Gasteiger partial charge in [-0.1, -0.05) is 13.8 Å². The van der Waals surface area contributed by atoms with Crippen molar-refractivity contribution >= 4 is 17.2 Å². The molecule has 0 fully saturated rings. The fourth-order valence-electron chi connectivity index (χ4n) is 2.26. The Hall–Kier alpha value is -1.81. The summed E-state index contributed by atoms with van der Waals surface area (Å²) in [5.41, 5.74) is -0.420. The predicted octanol–water partition coefficient (Wildman–Crippen LogP) is 0.418. The summed E-state index contributed by atoms with van der Waals surface area (Å²) >= 11 is 0. The van der Waals surface area contributed by atoms with Crippen LogP contribution in [0.4, 0.5) is 11.4 Å². The van der Waals surface area contributed by atoms with E-state index in [9.17, 15) is 14.4 Å². The van der Waals surface area contributed by atoms with Crippen LogP contribution in [0.25, 0.3) is 0 Å². The Bertz CT molecular complexity index is 638. The minimum Gasteiger partial charge on any atom is -0.383 e. The van der Waals surface area contributed by atoms with Gasteiger partial charge in [0, 0.05) is 32.5 Å². The maximum atomic E-state index is 11.6. The molecule has 0 aromatic heterocycles. The number of hydrogen-bond donors (Lipinski definition) is 2. The first kappa shape index (κ1) is 24.2. The molecule has 9 nitrogen and oxygen atoms in total. The second-order valence-electron chi connectivity index (χ2n) is 6.46. The molecule has 0 aliphatic rings. The lowest BCUT2D eigenvalue weighted by Crippen LogP contribution is -2.38. The van der Waals surface area contributed by atoms with E-state index >= 15 is 0 Å². The number of ether oxygens (including phenoxy) is 4. The molecule has 0 radical (unpaired) electrons. The molecular weight excluding hydrogens is 368 g/mol. The monoisotopic (exact) mass is 400 g/mol. The molecule has 0 amide bonds. The molecule has 0 aliphatic carbocycles. The molecule has 1 aromatic rings. The Morgan fingerprint density at radius 2 is 1.25 bits per heavy atom. The lowest BCUT2D eigenvalue weighted by atomic mass is 10.1. The van der Waals surface area contributed by atoms with Crippen molar-refractivity contribution in [3.05, 3.63) is 20.4 Å². The molecule has 9 heteroatoms. The molecule has 0 spiro atoms. The summed E-state index contributed by atoms with van der Waals surface area (Å²) in [5, 5.41) is 5.79. The number of nitrogens with one attached hydrogen (secondary N) is 2. The first-order valence-electron chi connectivity index (χ1n) is 9.55. The highest BCUT2D eigenvalue weighted by atomic mass is 16.5. The molecule has 0 heterocycles. The van der Waals surface area contributed by atoms with Crippen LogP contribution in [0.5, 0.6) is 0 Å². The molecular formula is C19H32N2O7. The van der Waals surface area contributed by atoms with E-state index in [1.54, 1.807) is 7.11 Å². The minimum absolute atomic E-state index is 0.0455. The minimum atomic E-state index is -0.515. The maximum absolute atomic E-state index is 11.6. The number of carbonyl (C=O) groups is 1. The summed E-state index contributed by atoms with van der Waals surface area (Å²) in [6.07, 6.45) is 0.432. The third-order valence-electron chi connectivity index (χ3n) is 3.95. The van der Waals surface area contributed by atoms with Crippen molar-refractivity contribution in [1.82, 2.24) is 0 Å². The molecule has 28 heavy (non-hydrogen) atoms. The zero-order valence-electron chi connectivity index (χ0n) is 17.0. The molecule has 1 rings (SSSR count). The smallest absolute Gasteiger partial charge is 0.253 e. The highest BCUT2D eigenvalue weighted by molar-refractivity contribution is 5.80. The number of methoxy groups -OCH3 is 1. The van der Waals surface area contributed by atoms with E-state index in [-0.39, 0.29) is 11.7 Å². The molecule has 0 saturated carbocycles. The number of rotatable bonds is 18. The average molecular weight is 400 g/mol. The standard InChI is InChI=1S/C19H32N2O7/c1-14(2)15(22)4-7-26-10-12-28-13-11-27-9-6-21-17-16(18(23)19(17)24)20-5-8-25-3/h14,20-21H,4-13H2,1-3H3. The molecule has 2 N–H and O–H groups in total. The number of anilines is 2. The van der Waals surface area contributed by atoms with Crippen LogP contribution >= 0.6 is 0 Å². The van der Waals surface area contributed by atoms with Crippen LogP contribution in [-0.4, -0.2) is 72.2 Å². The van der Waals surface area contributed by atoms with Crippen molar-refractivity contribution in [2.75, 3.05) is 77.1 Å². The quantitative estimate of drug-likeness (QED) is 0.267. The third kappa shape index (κ3) is 8.92. The summed E-state index contributed by atoms with van der Waals surface area (Å²) in [7, 11) is 1.56. The highest BCUT2D eigenvalue weighted by Crippen LogP contribution is 2.13. The van der Waals surface area contributed by atoms with E-state index in [4.69, 9.17) is 18.9 Å². The van der Waals surface area contributed by atoms with Crippen molar-refractivity contribution in [1.29, 1.82) is 0 Å². The summed E-state index contributed by atoms with van der Waals surface area (Å²) in [4.78, 5) is 34.5. The lowest BCUT2D eigenvalue weighted by molar-refractivity contribution is -0.123. The Balaban J connectivity index is 1.97. The van der Waals surface area contributed by atoms with Crippen molar-refractivity contribution in [2.24, 2.45) is 5.92 Å². The fourth-order valence-corrected chi connectivity index (χ4v) is 2.26. The van der Waals surface area contributed by atoms with E-state index in [0.717, 1.165) is 0 Å². The zero-order valence-corrected chi connectivity index (χ0v) is 17.0. The largest absolute Gasteiger partial charge is 0.383 e. The van der Waals surface area contributed by atoms with Crippen LogP contribution in [0.1, 0.15) is 20.3 Å². The number of Topliss-reactive ketones (excluding diaryl/α,β-unsaturated/α-hetero) is 1. The van der Waals surface area contributed by atoms with Gasteiger partial charge in [0.1, 0.15) is 17.2 Å². The van der Waals surface area contributed by atoms with E-state index in [1.165, 1.54) is 0 Å². The van der Waals surface area contributed by atoms with Crippen molar-refractivity contribution in [2.45, 2.75) is 20.3 Å². The van der Waals surface area contributed by atoms with Gasteiger partial charge in [0.05, 0.1) is 46.2 Å². The van der Waals surface area contributed by atoms with Crippen molar-refractivity contribution < 1.29 is 23.7 Å². The van der Waals surface area contributed by atoms with E-state index in [2.05, 4.69) is 10.6 Å². The van der Waals surface area contributed by atoms with Crippen molar-refractivity contribution in [3.63, 3.8) is 0 Å². The van der Waals surface area contributed by atoms with Crippen molar-refractivity contribution in [3.8, 4) is 0 Å². The topological polar surface area (TPSA) is 112 Å². The van der Waals surface area contributed by atoms with E-state index in [0.29, 0.717) is 77.1 Å². The molecule has 0 bridgehead atoms. The van der Waals surface area contributed by atoms with E-state index < -0.39 is 10.9 Å². The van der Waals surface area contributed by atoms with Crippen LogP contribution in [0, 0.1) is 5.92 Å². The third-order valence-corrected chi connectivity index (χ3v) is 3.95. The number of hydrogen-bond acceptors (Lipinski definition) is 9. The average Bonchev–Trinajstić information content (AvgIpc) is 2.69. The maximum Gasteiger partial charge on any atom is 0.253 e. The molecule has 0 aliphatic heterocycles. The Morgan fingerprint density at radius 3 is 1.75 bits per heavy atom. The second-order valence-corrected chi connectivity index (χ2v) is 6.46. The van der Waals surface area contributed by atoms with Gasteiger partial charge in [0.25, 0.3) is 10.9 Å². The normalized spacial score (nSPS) is 11.3. The van der Waals surface area contributed by atoms with Gasteiger partial charge in [0.2, 0.25) is 0 Å². The van der Waals surface area contributed by atoms with Gasteiger partial charge >= 0.3 is 0 Å². The molecule has 160 valence electrons. The first-order valence-corrected chi connectivity index (χ1v) is 9.55. The van der Waals surface area contributed by atoms with Crippen LogP contribution in [0.15, 0.2) is 9.59 Å². The van der Waals surface area contributed by atoms with Crippen LogP contribution < -0.4 is 21.5 Å². The number of ketones is 1. The molecule has 0 unspecified atom stereocenters. The van der Waals surface area contributed by atoms with Gasteiger partial charge in [0.15, 0.2) is 0 Å². The van der Waals surface area contributed by atoms with Gasteiger partial charge in [-0.15, -0.1) is 0 Å². The second kappa shape index (κ2) is 14.2.